The zero-order valence-corrected chi connectivity index (χ0v) is 21.9. The summed E-state index contributed by atoms with van der Waals surface area (Å²) in [6, 6.07) is 0. The highest BCUT2D eigenvalue weighted by Crippen LogP contribution is 2.73. The van der Waals surface area contributed by atoms with Crippen LogP contribution in [-0.2, 0) is 9.53 Å². The van der Waals surface area contributed by atoms with Crippen LogP contribution in [-0.4, -0.2) is 66.2 Å². The maximum Gasteiger partial charge on any atom is 0.303 e. The molecule has 0 aromatic heterocycles. The van der Waals surface area contributed by atoms with Crippen LogP contribution in [0.1, 0.15) is 84.5 Å². The lowest BCUT2D eigenvalue weighted by atomic mass is 9.42. The minimum absolute atomic E-state index is 0.0470. The summed E-state index contributed by atoms with van der Waals surface area (Å²) in [4.78, 5) is 14.1. The molecule has 5 aliphatic rings. The van der Waals surface area contributed by atoms with Gasteiger partial charge in [0.05, 0.1) is 18.1 Å². The number of rotatable bonds is 7. The SMILES string of the molecule is CN(C)CCCN[C@@H]1O[C@]23CC[C@H]([C@@H]1CC(=O)O)[C@@]2(C)CC[C@H]1[C@H]3CC[C@@H]2C[C@@H](O)CC[C@@]21C. The van der Waals surface area contributed by atoms with E-state index < -0.39 is 5.97 Å². The van der Waals surface area contributed by atoms with Crippen LogP contribution in [0.4, 0.5) is 0 Å². The average Bonchev–Trinajstić information content (AvgIpc) is 2.96. The monoisotopic (exact) mass is 476 g/mol. The summed E-state index contributed by atoms with van der Waals surface area (Å²) in [5.74, 6) is 1.63. The van der Waals surface area contributed by atoms with Gasteiger partial charge in [0.1, 0.15) is 6.23 Å². The van der Waals surface area contributed by atoms with Crippen molar-refractivity contribution in [3.8, 4) is 0 Å². The van der Waals surface area contributed by atoms with Crippen molar-refractivity contribution in [1.82, 2.24) is 10.2 Å². The van der Waals surface area contributed by atoms with E-state index in [9.17, 15) is 15.0 Å². The largest absolute Gasteiger partial charge is 0.481 e. The number of aliphatic hydroxyl groups excluding tert-OH is 1. The predicted molar refractivity (Wildman–Crippen MR) is 132 cm³/mol. The van der Waals surface area contributed by atoms with E-state index in [0.717, 1.165) is 58.0 Å². The van der Waals surface area contributed by atoms with Gasteiger partial charge in [-0.15, -0.1) is 0 Å². The van der Waals surface area contributed by atoms with Gasteiger partial charge in [0.15, 0.2) is 0 Å². The molecule has 34 heavy (non-hydrogen) atoms. The van der Waals surface area contributed by atoms with Crippen molar-refractivity contribution < 1.29 is 19.7 Å². The van der Waals surface area contributed by atoms with Crippen molar-refractivity contribution in [1.29, 1.82) is 0 Å². The summed E-state index contributed by atoms with van der Waals surface area (Å²) >= 11 is 0. The molecule has 1 aliphatic heterocycles. The summed E-state index contributed by atoms with van der Waals surface area (Å²) in [5, 5.41) is 23.9. The minimum Gasteiger partial charge on any atom is -0.481 e. The van der Waals surface area contributed by atoms with E-state index in [-0.39, 0.29) is 35.7 Å². The van der Waals surface area contributed by atoms with Gasteiger partial charge in [-0.2, -0.15) is 0 Å². The fraction of sp³-hybridized carbons (Fsp3) is 0.964. The van der Waals surface area contributed by atoms with Gasteiger partial charge in [0.25, 0.3) is 0 Å². The normalized spacial score (nSPS) is 49.9. The molecule has 1 saturated heterocycles. The van der Waals surface area contributed by atoms with Gasteiger partial charge < -0.3 is 19.8 Å². The van der Waals surface area contributed by atoms with Crippen LogP contribution in [0.15, 0.2) is 0 Å². The Hall–Kier alpha value is -0.690. The number of carboxylic acid groups (broad SMARTS) is 1. The number of nitrogens with zero attached hydrogens (tertiary/aromatic N) is 1. The van der Waals surface area contributed by atoms with E-state index in [1.807, 2.05) is 0 Å². The standard InChI is InChI=1S/C28H48N2O4/c1-26-11-8-19(31)16-18(26)6-7-23-22(26)9-12-27(2)21-10-13-28(23,27)34-25(20(21)17-24(32)33)29-14-5-15-30(3)4/h18-23,25,29,31H,5-17H2,1-4H3,(H,32,33)/t18-,19+,20+,21-,22+,23-,25-,26+,27-,28+/m1/s1. The molecule has 0 radical (unpaired) electrons. The Morgan fingerprint density at radius 2 is 1.79 bits per heavy atom. The molecular weight excluding hydrogens is 428 g/mol. The number of hydrogen-bond donors (Lipinski definition) is 3. The Balaban J connectivity index is 1.43. The fourth-order valence-corrected chi connectivity index (χ4v) is 9.99. The van der Waals surface area contributed by atoms with Gasteiger partial charge in [0.2, 0.25) is 0 Å². The Bertz CT molecular complexity index is 776. The zero-order chi connectivity index (χ0) is 24.3. The topological polar surface area (TPSA) is 82.0 Å². The van der Waals surface area contributed by atoms with Crippen LogP contribution < -0.4 is 5.32 Å². The first-order chi connectivity index (χ1) is 16.1. The van der Waals surface area contributed by atoms with Crippen molar-refractivity contribution in [3.05, 3.63) is 0 Å². The van der Waals surface area contributed by atoms with E-state index in [1.54, 1.807) is 0 Å². The molecule has 6 nitrogen and oxygen atoms in total. The molecular formula is C28H48N2O4. The maximum absolute atomic E-state index is 11.9. The lowest BCUT2D eigenvalue weighted by Gasteiger charge is -2.67. The van der Waals surface area contributed by atoms with Gasteiger partial charge >= 0.3 is 5.97 Å². The van der Waals surface area contributed by atoms with Crippen molar-refractivity contribution in [2.24, 2.45) is 40.4 Å². The number of carboxylic acids is 1. The Morgan fingerprint density at radius 3 is 2.53 bits per heavy atom. The lowest BCUT2D eigenvalue weighted by Crippen LogP contribution is -2.69. The Kier molecular flexibility index (Phi) is 6.62. The quantitative estimate of drug-likeness (QED) is 0.480. The van der Waals surface area contributed by atoms with E-state index >= 15 is 0 Å². The van der Waals surface area contributed by atoms with Crippen molar-refractivity contribution in [2.45, 2.75) is 102 Å². The van der Waals surface area contributed by atoms with E-state index in [4.69, 9.17) is 4.74 Å². The Labute approximate surface area is 206 Å². The molecule has 0 unspecified atom stereocenters. The van der Waals surface area contributed by atoms with Gasteiger partial charge in [-0.3, -0.25) is 10.1 Å². The number of aliphatic carboxylic acids is 1. The number of ether oxygens (including phenoxy) is 1. The summed E-state index contributed by atoms with van der Waals surface area (Å²) in [6.07, 6.45) is 11.0. The number of aliphatic hydroxyl groups is 1. The minimum atomic E-state index is -0.695. The van der Waals surface area contributed by atoms with Gasteiger partial charge in [-0.05, 0) is 120 Å². The van der Waals surface area contributed by atoms with Crippen LogP contribution >= 0.6 is 0 Å². The number of hydrogen-bond acceptors (Lipinski definition) is 5. The van der Waals surface area contributed by atoms with Gasteiger partial charge in [0, 0.05) is 11.3 Å². The molecule has 4 saturated carbocycles. The molecule has 1 heterocycles. The van der Waals surface area contributed by atoms with E-state index in [0.29, 0.717) is 29.1 Å². The third kappa shape index (κ3) is 3.77. The van der Waals surface area contributed by atoms with Crippen LogP contribution in [0.5, 0.6) is 0 Å². The van der Waals surface area contributed by atoms with Crippen molar-refractivity contribution in [2.75, 3.05) is 27.2 Å². The highest BCUT2D eigenvalue weighted by Gasteiger charge is 2.72. The average molecular weight is 477 g/mol. The van der Waals surface area contributed by atoms with E-state index in [1.165, 1.54) is 19.3 Å². The molecule has 194 valence electrons. The highest BCUT2D eigenvalue weighted by atomic mass is 16.5. The van der Waals surface area contributed by atoms with E-state index in [2.05, 4.69) is 38.2 Å². The van der Waals surface area contributed by atoms with Crippen molar-refractivity contribution in [3.63, 3.8) is 0 Å². The second-order valence-electron chi connectivity index (χ2n) is 13.3. The Morgan fingerprint density at radius 1 is 1.03 bits per heavy atom. The highest BCUT2D eigenvalue weighted by molar-refractivity contribution is 5.67. The van der Waals surface area contributed by atoms with Crippen LogP contribution in [0.2, 0.25) is 0 Å². The summed E-state index contributed by atoms with van der Waals surface area (Å²) in [6.45, 7) is 6.87. The first-order valence-corrected chi connectivity index (χ1v) is 14.1. The molecule has 3 N–H and O–H groups in total. The number of carbonyl (C=O) groups is 1. The van der Waals surface area contributed by atoms with Crippen LogP contribution in [0.3, 0.4) is 0 Å². The van der Waals surface area contributed by atoms with Crippen LogP contribution in [0, 0.1) is 40.4 Å². The number of fused-ring (bicyclic) bond motifs is 3. The predicted octanol–water partition coefficient (Wildman–Crippen LogP) is 4.12. The molecule has 0 aromatic carbocycles. The fourth-order valence-electron chi connectivity index (χ4n) is 9.99. The molecule has 0 aromatic rings. The zero-order valence-electron chi connectivity index (χ0n) is 21.9. The van der Waals surface area contributed by atoms with Gasteiger partial charge in [-0.25, -0.2) is 0 Å². The summed E-state index contributed by atoms with van der Waals surface area (Å²) < 4.78 is 7.27. The van der Waals surface area contributed by atoms with Crippen LogP contribution in [0.25, 0.3) is 0 Å². The molecule has 4 aliphatic carbocycles. The second-order valence-corrected chi connectivity index (χ2v) is 13.3. The molecule has 0 amide bonds. The molecule has 5 rings (SSSR count). The third-order valence-electron chi connectivity index (χ3n) is 11.6. The smallest absolute Gasteiger partial charge is 0.303 e. The number of nitrogens with one attached hydrogen (secondary N) is 1. The second kappa shape index (κ2) is 9.00. The summed E-state index contributed by atoms with van der Waals surface area (Å²) in [5.41, 5.74) is 0.262. The first-order valence-electron chi connectivity index (χ1n) is 14.1. The first kappa shape index (κ1) is 25.0. The molecule has 5 fully saturated rings. The summed E-state index contributed by atoms with van der Waals surface area (Å²) in [7, 11) is 4.19. The molecule has 0 spiro atoms. The molecule has 6 heteroatoms. The lowest BCUT2D eigenvalue weighted by molar-refractivity contribution is -0.295. The molecule has 10 atom stereocenters. The molecule has 2 bridgehead atoms. The van der Waals surface area contributed by atoms with Gasteiger partial charge in [-0.1, -0.05) is 13.8 Å². The van der Waals surface area contributed by atoms with Crippen molar-refractivity contribution >= 4 is 5.97 Å². The third-order valence-corrected chi connectivity index (χ3v) is 11.6. The maximum atomic E-state index is 11.9.